The summed E-state index contributed by atoms with van der Waals surface area (Å²) in [7, 11) is 3.54. The molecule has 0 spiro atoms. The van der Waals surface area contributed by atoms with Crippen LogP contribution in [-0.4, -0.2) is 61.9 Å². The molecule has 0 aliphatic carbocycles. The van der Waals surface area contributed by atoms with Gasteiger partial charge in [0.1, 0.15) is 6.54 Å². The summed E-state index contributed by atoms with van der Waals surface area (Å²) in [4.78, 5) is 20.2. The largest absolute Gasteiger partial charge is 0.356 e. The summed E-state index contributed by atoms with van der Waals surface area (Å²) in [6, 6.07) is 0. The summed E-state index contributed by atoms with van der Waals surface area (Å²) < 4.78 is 0. The molecule has 1 amide bonds. The Morgan fingerprint density at radius 3 is 2.50 bits per heavy atom. The smallest absolute Gasteiger partial charge is 0.243 e. The van der Waals surface area contributed by atoms with Crippen LogP contribution in [0.1, 0.15) is 40.5 Å². The molecule has 1 saturated heterocycles. The van der Waals surface area contributed by atoms with Gasteiger partial charge in [-0.1, -0.05) is 27.7 Å². The number of carbonyl (C=O) groups excluding carboxylic acids is 1. The molecule has 5 nitrogen and oxygen atoms in total. The first-order valence-corrected chi connectivity index (χ1v) is 8.53. The second-order valence-electron chi connectivity index (χ2n) is 7.43. The minimum absolute atomic E-state index is 0.0433. The van der Waals surface area contributed by atoms with Crippen LogP contribution in [0.25, 0.3) is 0 Å². The Labute approximate surface area is 136 Å². The maximum absolute atomic E-state index is 11.8. The third kappa shape index (κ3) is 6.67. The van der Waals surface area contributed by atoms with Crippen molar-refractivity contribution >= 4 is 11.9 Å². The van der Waals surface area contributed by atoms with Crippen LogP contribution in [0, 0.1) is 17.8 Å². The lowest BCUT2D eigenvalue weighted by molar-refractivity contribution is -0.127. The van der Waals surface area contributed by atoms with Gasteiger partial charge in [0.05, 0.1) is 0 Å². The molecule has 1 aliphatic heterocycles. The highest BCUT2D eigenvalue weighted by Crippen LogP contribution is 2.23. The normalized spacial score (nSPS) is 19.2. The SMILES string of the molecule is CC(C)CNC(=NCC(=O)N(C)C)N1CCC(CC(C)C)C1. The number of likely N-dealkylation sites (tertiary alicyclic amines) is 1. The molecule has 1 unspecified atom stereocenters. The number of carbonyl (C=O) groups is 1. The van der Waals surface area contributed by atoms with Gasteiger partial charge in [-0.3, -0.25) is 4.79 Å². The average Bonchev–Trinajstić information content (AvgIpc) is 2.85. The second-order valence-corrected chi connectivity index (χ2v) is 7.43. The fraction of sp³-hybridized carbons (Fsp3) is 0.882. The highest BCUT2D eigenvalue weighted by Gasteiger charge is 2.25. The van der Waals surface area contributed by atoms with Crippen LogP contribution in [0.2, 0.25) is 0 Å². The predicted octanol–water partition coefficient (Wildman–Crippen LogP) is 2.04. The predicted molar refractivity (Wildman–Crippen MR) is 93.0 cm³/mol. The number of hydrogen-bond donors (Lipinski definition) is 1. The fourth-order valence-electron chi connectivity index (χ4n) is 2.73. The minimum Gasteiger partial charge on any atom is -0.356 e. The summed E-state index contributed by atoms with van der Waals surface area (Å²) in [5.41, 5.74) is 0. The van der Waals surface area contributed by atoms with Crippen LogP contribution in [0.15, 0.2) is 4.99 Å². The van der Waals surface area contributed by atoms with E-state index in [9.17, 15) is 4.79 Å². The van der Waals surface area contributed by atoms with Crippen molar-refractivity contribution < 1.29 is 4.79 Å². The molecule has 1 fully saturated rings. The lowest BCUT2D eigenvalue weighted by Gasteiger charge is -2.23. The molecule has 1 aliphatic rings. The van der Waals surface area contributed by atoms with Gasteiger partial charge < -0.3 is 15.1 Å². The molecule has 1 atom stereocenters. The van der Waals surface area contributed by atoms with E-state index in [1.165, 1.54) is 12.8 Å². The standard InChI is InChI=1S/C17H34N4O/c1-13(2)9-15-7-8-21(12-15)17(18-10-14(3)4)19-11-16(22)20(5)6/h13-15H,7-12H2,1-6H3,(H,18,19). The number of guanidine groups is 1. The Hall–Kier alpha value is -1.26. The molecule has 22 heavy (non-hydrogen) atoms. The van der Waals surface area contributed by atoms with E-state index < -0.39 is 0 Å². The summed E-state index contributed by atoms with van der Waals surface area (Å²) in [5.74, 6) is 2.99. The Morgan fingerprint density at radius 1 is 1.27 bits per heavy atom. The van der Waals surface area contributed by atoms with Crippen molar-refractivity contribution in [2.75, 3.05) is 40.3 Å². The van der Waals surface area contributed by atoms with Gasteiger partial charge in [0, 0.05) is 33.7 Å². The van der Waals surface area contributed by atoms with Gasteiger partial charge >= 0.3 is 0 Å². The Bertz CT molecular complexity index is 377. The van der Waals surface area contributed by atoms with Crippen molar-refractivity contribution in [3.05, 3.63) is 0 Å². The summed E-state index contributed by atoms with van der Waals surface area (Å²) in [6.45, 7) is 12.1. The molecule has 1 heterocycles. The molecule has 5 heteroatoms. The highest BCUT2D eigenvalue weighted by atomic mass is 16.2. The Balaban J connectivity index is 2.65. The number of likely N-dealkylation sites (N-methyl/N-ethyl adjacent to an activating group) is 1. The van der Waals surface area contributed by atoms with Crippen molar-refractivity contribution in [2.24, 2.45) is 22.7 Å². The molecule has 0 aromatic rings. The van der Waals surface area contributed by atoms with E-state index in [0.717, 1.165) is 37.4 Å². The number of aliphatic imine (C=N–C) groups is 1. The Morgan fingerprint density at radius 2 is 1.95 bits per heavy atom. The van der Waals surface area contributed by atoms with E-state index in [1.54, 1.807) is 19.0 Å². The van der Waals surface area contributed by atoms with Gasteiger partial charge in [-0.25, -0.2) is 4.99 Å². The van der Waals surface area contributed by atoms with Crippen molar-refractivity contribution in [2.45, 2.75) is 40.5 Å². The maximum Gasteiger partial charge on any atom is 0.243 e. The molecular weight excluding hydrogens is 276 g/mol. The van der Waals surface area contributed by atoms with Crippen LogP contribution in [-0.2, 0) is 4.79 Å². The zero-order valence-corrected chi connectivity index (χ0v) is 15.2. The highest BCUT2D eigenvalue weighted by molar-refractivity contribution is 5.85. The molecule has 128 valence electrons. The van der Waals surface area contributed by atoms with E-state index in [2.05, 4.69) is 42.9 Å². The van der Waals surface area contributed by atoms with Crippen LogP contribution < -0.4 is 5.32 Å². The number of nitrogens with one attached hydrogen (secondary N) is 1. The van der Waals surface area contributed by atoms with E-state index in [1.807, 2.05) is 0 Å². The van der Waals surface area contributed by atoms with Crippen LogP contribution >= 0.6 is 0 Å². The topological polar surface area (TPSA) is 47.9 Å². The summed E-state index contributed by atoms with van der Waals surface area (Å²) >= 11 is 0. The van der Waals surface area contributed by atoms with Crippen LogP contribution in [0.5, 0.6) is 0 Å². The molecule has 0 aromatic heterocycles. The molecule has 1 rings (SSSR count). The van der Waals surface area contributed by atoms with E-state index in [0.29, 0.717) is 5.92 Å². The van der Waals surface area contributed by atoms with Crippen molar-refractivity contribution in [3.63, 3.8) is 0 Å². The molecule has 0 saturated carbocycles. The van der Waals surface area contributed by atoms with Crippen LogP contribution in [0.4, 0.5) is 0 Å². The first kappa shape index (κ1) is 18.8. The third-order valence-electron chi connectivity index (χ3n) is 3.92. The zero-order chi connectivity index (χ0) is 16.7. The van der Waals surface area contributed by atoms with Gasteiger partial charge in [-0.15, -0.1) is 0 Å². The molecular formula is C17H34N4O. The number of rotatable bonds is 6. The first-order chi connectivity index (χ1) is 10.3. The molecule has 1 N–H and O–H groups in total. The van der Waals surface area contributed by atoms with Crippen molar-refractivity contribution in [3.8, 4) is 0 Å². The lowest BCUT2D eigenvalue weighted by Crippen LogP contribution is -2.42. The maximum atomic E-state index is 11.8. The zero-order valence-electron chi connectivity index (χ0n) is 15.2. The van der Waals surface area contributed by atoms with Gasteiger partial charge in [-0.2, -0.15) is 0 Å². The van der Waals surface area contributed by atoms with Gasteiger partial charge in [-0.05, 0) is 30.6 Å². The number of hydrogen-bond acceptors (Lipinski definition) is 2. The molecule has 0 bridgehead atoms. The molecule has 0 aromatic carbocycles. The van der Waals surface area contributed by atoms with Crippen LogP contribution in [0.3, 0.4) is 0 Å². The van der Waals surface area contributed by atoms with Crippen molar-refractivity contribution in [1.29, 1.82) is 0 Å². The quantitative estimate of drug-likeness (QED) is 0.603. The van der Waals surface area contributed by atoms with Gasteiger partial charge in [0.15, 0.2) is 5.96 Å². The molecule has 0 radical (unpaired) electrons. The second kappa shape index (κ2) is 9.01. The third-order valence-corrected chi connectivity index (χ3v) is 3.92. The number of amides is 1. The average molecular weight is 310 g/mol. The number of nitrogens with zero attached hydrogens (tertiary/aromatic N) is 3. The Kier molecular flexibility index (Phi) is 7.69. The van der Waals surface area contributed by atoms with E-state index in [-0.39, 0.29) is 12.5 Å². The first-order valence-electron chi connectivity index (χ1n) is 8.53. The van der Waals surface area contributed by atoms with Crippen molar-refractivity contribution in [1.82, 2.24) is 15.1 Å². The fourth-order valence-corrected chi connectivity index (χ4v) is 2.73. The van der Waals surface area contributed by atoms with E-state index >= 15 is 0 Å². The minimum atomic E-state index is 0.0433. The summed E-state index contributed by atoms with van der Waals surface area (Å²) in [6.07, 6.45) is 2.49. The lowest BCUT2D eigenvalue weighted by atomic mass is 9.97. The van der Waals surface area contributed by atoms with Gasteiger partial charge in [0.25, 0.3) is 0 Å². The summed E-state index contributed by atoms with van der Waals surface area (Å²) in [5, 5.41) is 3.43. The van der Waals surface area contributed by atoms with E-state index in [4.69, 9.17) is 0 Å². The monoisotopic (exact) mass is 310 g/mol. The van der Waals surface area contributed by atoms with Gasteiger partial charge in [0.2, 0.25) is 5.91 Å².